The molecule has 19 heavy (non-hydrogen) atoms. The summed E-state index contributed by atoms with van der Waals surface area (Å²) in [5.41, 5.74) is 1.77. The second kappa shape index (κ2) is 7.00. The number of pyridine rings is 1. The molecule has 2 amide bonds. The summed E-state index contributed by atoms with van der Waals surface area (Å²) in [5.74, 6) is 0. The quantitative estimate of drug-likeness (QED) is 0.719. The molecule has 3 N–H and O–H groups in total. The fourth-order valence-electron chi connectivity index (χ4n) is 1.55. The van der Waals surface area contributed by atoms with Crippen LogP contribution in [0.1, 0.15) is 0 Å². The van der Waals surface area contributed by atoms with Crippen molar-refractivity contribution in [2.24, 2.45) is 0 Å². The molecular weight excluding hydrogens is 240 g/mol. The first kappa shape index (κ1) is 12.9. The lowest BCUT2D eigenvalue weighted by atomic mass is 10.3. The van der Waals surface area contributed by atoms with E-state index in [1.165, 1.54) is 0 Å². The van der Waals surface area contributed by atoms with Gasteiger partial charge in [0.05, 0.1) is 0 Å². The van der Waals surface area contributed by atoms with Crippen molar-refractivity contribution < 1.29 is 4.79 Å². The molecule has 0 radical (unpaired) electrons. The van der Waals surface area contributed by atoms with Gasteiger partial charge in [0.15, 0.2) is 0 Å². The summed E-state index contributed by atoms with van der Waals surface area (Å²) in [6, 6.07) is 12.9. The first-order valence-electron chi connectivity index (χ1n) is 6.08. The number of carbonyl (C=O) groups excluding carboxylic acids is 1. The largest absolute Gasteiger partial charge is 0.383 e. The van der Waals surface area contributed by atoms with Gasteiger partial charge in [-0.05, 0) is 24.3 Å². The molecule has 98 valence electrons. The SMILES string of the molecule is O=C(NCCNc1ccncc1)Nc1ccccc1. The van der Waals surface area contributed by atoms with Crippen LogP contribution in [0.25, 0.3) is 0 Å². The molecule has 0 saturated carbocycles. The monoisotopic (exact) mass is 256 g/mol. The van der Waals surface area contributed by atoms with E-state index in [0.717, 1.165) is 11.4 Å². The molecule has 0 spiro atoms. The number of carbonyl (C=O) groups is 1. The summed E-state index contributed by atoms with van der Waals surface area (Å²) in [6.07, 6.45) is 3.44. The van der Waals surface area contributed by atoms with Crippen LogP contribution in [0.5, 0.6) is 0 Å². The molecule has 1 heterocycles. The molecule has 0 bridgehead atoms. The number of hydrogen-bond acceptors (Lipinski definition) is 3. The molecule has 0 saturated heterocycles. The van der Waals surface area contributed by atoms with Crippen molar-refractivity contribution in [3.8, 4) is 0 Å². The van der Waals surface area contributed by atoms with Crippen molar-refractivity contribution in [1.82, 2.24) is 10.3 Å². The number of para-hydroxylation sites is 1. The van der Waals surface area contributed by atoms with E-state index in [2.05, 4.69) is 20.9 Å². The zero-order chi connectivity index (χ0) is 13.3. The fourth-order valence-corrected chi connectivity index (χ4v) is 1.55. The maximum absolute atomic E-state index is 11.6. The van der Waals surface area contributed by atoms with Crippen molar-refractivity contribution >= 4 is 17.4 Å². The molecule has 5 heteroatoms. The predicted molar refractivity (Wildman–Crippen MR) is 76.2 cm³/mol. The Hall–Kier alpha value is -2.56. The predicted octanol–water partition coefficient (Wildman–Crippen LogP) is 2.32. The molecule has 1 aromatic heterocycles. The number of nitrogens with one attached hydrogen (secondary N) is 3. The van der Waals surface area contributed by atoms with Crippen LogP contribution in [0.2, 0.25) is 0 Å². The molecule has 1 aromatic carbocycles. The highest BCUT2D eigenvalue weighted by atomic mass is 16.2. The highest BCUT2D eigenvalue weighted by molar-refractivity contribution is 5.89. The van der Waals surface area contributed by atoms with Gasteiger partial charge in [-0.25, -0.2) is 4.79 Å². The van der Waals surface area contributed by atoms with Gasteiger partial charge in [0.1, 0.15) is 0 Å². The minimum absolute atomic E-state index is 0.206. The van der Waals surface area contributed by atoms with Crippen LogP contribution < -0.4 is 16.0 Å². The molecule has 0 unspecified atom stereocenters. The van der Waals surface area contributed by atoms with E-state index in [9.17, 15) is 4.79 Å². The zero-order valence-corrected chi connectivity index (χ0v) is 10.5. The third-order valence-electron chi connectivity index (χ3n) is 2.45. The lowest BCUT2D eigenvalue weighted by Crippen LogP contribution is -2.32. The van der Waals surface area contributed by atoms with Crippen molar-refractivity contribution in [3.05, 3.63) is 54.9 Å². The molecule has 5 nitrogen and oxygen atoms in total. The van der Waals surface area contributed by atoms with E-state index in [-0.39, 0.29) is 6.03 Å². The Morgan fingerprint density at radius 3 is 2.42 bits per heavy atom. The molecular formula is C14H16N4O. The van der Waals surface area contributed by atoms with E-state index < -0.39 is 0 Å². The van der Waals surface area contributed by atoms with E-state index in [1.54, 1.807) is 12.4 Å². The summed E-state index contributed by atoms with van der Waals surface area (Å²) in [5, 5.41) is 8.71. The van der Waals surface area contributed by atoms with Gasteiger partial charge in [-0.1, -0.05) is 18.2 Å². The van der Waals surface area contributed by atoms with Crippen LogP contribution in [-0.4, -0.2) is 24.1 Å². The third-order valence-corrected chi connectivity index (χ3v) is 2.45. The smallest absolute Gasteiger partial charge is 0.319 e. The topological polar surface area (TPSA) is 66.0 Å². The highest BCUT2D eigenvalue weighted by Crippen LogP contribution is 2.04. The Bertz CT molecular complexity index is 501. The van der Waals surface area contributed by atoms with Crippen LogP contribution in [0, 0.1) is 0 Å². The first-order valence-corrected chi connectivity index (χ1v) is 6.08. The number of anilines is 2. The van der Waals surface area contributed by atoms with Crippen molar-refractivity contribution in [1.29, 1.82) is 0 Å². The second-order valence-corrected chi connectivity index (χ2v) is 3.91. The number of hydrogen-bond donors (Lipinski definition) is 3. The number of rotatable bonds is 5. The van der Waals surface area contributed by atoms with Gasteiger partial charge in [-0.15, -0.1) is 0 Å². The van der Waals surface area contributed by atoms with Crippen molar-refractivity contribution in [2.45, 2.75) is 0 Å². The Labute approximate surface area is 112 Å². The summed E-state index contributed by atoms with van der Waals surface area (Å²) < 4.78 is 0. The summed E-state index contributed by atoms with van der Waals surface area (Å²) in [6.45, 7) is 1.20. The maximum Gasteiger partial charge on any atom is 0.319 e. The van der Waals surface area contributed by atoms with Crippen LogP contribution in [0.3, 0.4) is 0 Å². The number of amides is 2. The second-order valence-electron chi connectivity index (χ2n) is 3.91. The Morgan fingerprint density at radius 1 is 0.947 bits per heavy atom. The number of benzene rings is 1. The lowest BCUT2D eigenvalue weighted by molar-refractivity contribution is 0.252. The number of aromatic nitrogens is 1. The minimum atomic E-state index is -0.206. The zero-order valence-electron chi connectivity index (χ0n) is 10.5. The normalized spacial score (nSPS) is 9.68. The van der Waals surface area contributed by atoms with Gasteiger partial charge < -0.3 is 16.0 Å². The Balaban J connectivity index is 1.65. The van der Waals surface area contributed by atoms with Crippen LogP contribution >= 0.6 is 0 Å². The summed E-state index contributed by atoms with van der Waals surface area (Å²) in [4.78, 5) is 15.5. The van der Waals surface area contributed by atoms with E-state index in [1.807, 2.05) is 42.5 Å². The lowest BCUT2D eigenvalue weighted by Gasteiger charge is -2.09. The molecule has 0 fully saturated rings. The highest BCUT2D eigenvalue weighted by Gasteiger charge is 1.99. The average Bonchev–Trinajstić information content (AvgIpc) is 2.46. The molecule has 2 aromatic rings. The van der Waals surface area contributed by atoms with Gasteiger partial charge in [0, 0.05) is 36.9 Å². The van der Waals surface area contributed by atoms with Crippen molar-refractivity contribution in [2.75, 3.05) is 23.7 Å². The van der Waals surface area contributed by atoms with E-state index in [0.29, 0.717) is 13.1 Å². The van der Waals surface area contributed by atoms with Crippen LogP contribution in [0.4, 0.5) is 16.2 Å². The minimum Gasteiger partial charge on any atom is -0.383 e. The molecule has 0 aliphatic rings. The summed E-state index contributed by atoms with van der Waals surface area (Å²) in [7, 11) is 0. The van der Waals surface area contributed by atoms with Crippen LogP contribution in [-0.2, 0) is 0 Å². The maximum atomic E-state index is 11.6. The first-order chi connectivity index (χ1) is 9.34. The molecule has 2 rings (SSSR count). The molecule has 0 atom stereocenters. The van der Waals surface area contributed by atoms with Crippen LogP contribution in [0.15, 0.2) is 54.9 Å². The fraction of sp³-hybridized carbons (Fsp3) is 0.143. The Kier molecular flexibility index (Phi) is 4.75. The Morgan fingerprint density at radius 2 is 1.68 bits per heavy atom. The number of nitrogens with zero attached hydrogens (tertiary/aromatic N) is 1. The van der Waals surface area contributed by atoms with Gasteiger partial charge in [-0.3, -0.25) is 4.98 Å². The standard InChI is InChI=1S/C14H16N4O/c19-14(18-13-4-2-1-3-5-13)17-11-10-16-12-6-8-15-9-7-12/h1-9H,10-11H2,(H,15,16)(H2,17,18,19). The number of urea groups is 1. The van der Waals surface area contributed by atoms with Gasteiger partial charge in [0.2, 0.25) is 0 Å². The van der Waals surface area contributed by atoms with E-state index in [4.69, 9.17) is 0 Å². The van der Waals surface area contributed by atoms with Gasteiger partial charge >= 0.3 is 6.03 Å². The van der Waals surface area contributed by atoms with E-state index >= 15 is 0 Å². The molecule has 0 aliphatic heterocycles. The molecule has 0 aliphatic carbocycles. The third kappa shape index (κ3) is 4.67. The summed E-state index contributed by atoms with van der Waals surface area (Å²) >= 11 is 0. The van der Waals surface area contributed by atoms with Gasteiger partial charge in [0.25, 0.3) is 0 Å². The average molecular weight is 256 g/mol. The van der Waals surface area contributed by atoms with Gasteiger partial charge in [-0.2, -0.15) is 0 Å². The van der Waals surface area contributed by atoms with Crippen molar-refractivity contribution in [3.63, 3.8) is 0 Å².